The quantitative estimate of drug-likeness (QED) is 0.802. The molecular weight excluding hydrogens is 268 g/mol. The van der Waals surface area contributed by atoms with Crippen molar-refractivity contribution in [2.45, 2.75) is 27.3 Å². The van der Waals surface area contributed by atoms with Crippen LogP contribution >= 0.6 is 0 Å². The van der Waals surface area contributed by atoms with Gasteiger partial charge in [0.2, 0.25) is 0 Å². The van der Waals surface area contributed by atoms with E-state index in [1.165, 1.54) is 0 Å². The molecule has 6 nitrogen and oxygen atoms in total. The lowest BCUT2D eigenvalue weighted by Crippen LogP contribution is -2.03. The summed E-state index contributed by atoms with van der Waals surface area (Å²) < 4.78 is 3.52. The zero-order chi connectivity index (χ0) is 15.1. The summed E-state index contributed by atoms with van der Waals surface area (Å²) in [5.74, 6) is -0.970. The van der Waals surface area contributed by atoms with E-state index in [0.717, 1.165) is 29.2 Å². The molecule has 1 N–H and O–H groups in total. The molecule has 3 heterocycles. The van der Waals surface area contributed by atoms with Crippen molar-refractivity contribution in [1.29, 1.82) is 0 Å². The van der Waals surface area contributed by atoms with Crippen LogP contribution in [0.4, 0.5) is 0 Å². The van der Waals surface area contributed by atoms with E-state index in [1.54, 1.807) is 28.8 Å². The Hall–Kier alpha value is -2.63. The molecule has 3 rings (SSSR count). The van der Waals surface area contributed by atoms with E-state index in [-0.39, 0.29) is 5.69 Å². The number of fused-ring (bicyclic) bond motifs is 1. The molecule has 3 aromatic rings. The second-order valence-electron chi connectivity index (χ2n) is 4.93. The lowest BCUT2D eigenvalue weighted by Gasteiger charge is -1.99. The Balaban J connectivity index is 2.25. The normalized spacial score (nSPS) is 11.2. The van der Waals surface area contributed by atoms with E-state index in [4.69, 9.17) is 0 Å². The largest absolute Gasteiger partial charge is 0.477 e. The SMILES string of the molecule is CCn1nc(C)c(-c2cn3c(C(=O)O)cccc3n2)c1C. The Bertz CT molecular complexity index is 845. The molecular formula is C15H16N4O2. The number of aryl methyl sites for hydroxylation is 2. The van der Waals surface area contributed by atoms with Crippen molar-refractivity contribution in [3.8, 4) is 11.3 Å². The Kier molecular flexibility index (Phi) is 3.01. The number of nitrogens with zero attached hydrogens (tertiary/aromatic N) is 4. The van der Waals surface area contributed by atoms with Crippen LogP contribution in [0.5, 0.6) is 0 Å². The Morgan fingerprint density at radius 3 is 2.71 bits per heavy atom. The van der Waals surface area contributed by atoms with Crippen LogP contribution in [0.3, 0.4) is 0 Å². The Morgan fingerprint density at radius 1 is 1.33 bits per heavy atom. The van der Waals surface area contributed by atoms with Gasteiger partial charge >= 0.3 is 5.97 Å². The monoisotopic (exact) mass is 284 g/mol. The number of carboxylic acids is 1. The first kappa shape index (κ1) is 13.4. The van der Waals surface area contributed by atoms with E-state index in [0.29, 0.717) is 5.65 Å². The van der Waals surface area contributed by atoms with Gasteiger partial charge in [0.05, 0.1) is 11.4 Å². The van der Waals surface area contributed by atoms with Crippen LogP contribution in [0.1, 0.15) is 28.8 Å². The van der Waals surface area contributed by atoms with Gasteiger partial charge in [0, 0.05) is 24.0 Å². The van der Waals surface area contributed by atoms with Crippen molar-refractivity contribution in [2.24, 2.45) is 0 Å². The van der Waals surface area contributed by atoms with Crippen molar-refractivity contribution in [3.05, 3.63) is 41.5 Å². The van der Waals surface area contributed by atoms with Crippen molar-refractivity contribution >= 4 is 11.6 Å². The number of rotatable bonds is 3. The number of aromatic nitrogens is 4. The van der Waals surface area contributed by atoms with E-state index in [1.807, 2.05) is 25.5 Å². The first-order chi connectivity index (χ1) is 10.0. The molecule has 0 aromatic carbocycles. The van der Waals surface area contributed by atoms with Gasteiger partial charge in [-0.3, -0.25) is 9.08 Å². The number of carboxylic acid groups (broad SMARTS) is 1. The zero-order valence-corrected chi connectivity index (χ0v) is 12.2. The van der Waals surface area contributed by atoms with E-state index in [9.17, 15) is 9.90 Å². The number of aromatic carboxylic acids is 1. The summed E-state index contributed by atoms with van der Waals surface area (Å²) in [6.45, 7) is 6.77. The summed E-state index contributed by atoms with van der Waals surface area (Å²) in [6.07, 6.45) is 1.76. The summed E-state index contributed by atoms with van der Waals surface area (Å²) in [5.41, 5.74) is 4.47. The maximum Gasteiger partial charge on any atom is 0.352 e. The minimum Gasteiger partial charge on any atom is -0.477 e. The van der Waals surface area contributed by atoms with Crippen molar-refractivity contribution in [1.82, 2.24) is 19.2 Å². The molecule has 0 aliphatic rings. The van der Waals surface area contributed by atoms with E-state index < -0.39 is 5.97 Å². The topological polar surface area (TPSA) is 72.4 Å². The highest BCUT2D eigenvalue weighted by Gasteiger charge is 2.17. The summed E-state index contributed by atoms with van der Waals surface area (Å²) in [5, 5.41) is 13.7. The number of hydrogen-bond donors (Lipinski definition) is 1. The third-order valence-electron chi connectivity index (χ3n) is 3.65. The van der Waals surface area contributed by atoms with Gasteiger partial charge in [-0.05, 0) is 32.9 Å². The fourth-order valence-corrected chi connectivity index (χ4v) is 2.68. The second kappa shape index (κ2) is 4.73. The maximum absolute atomic E-state index is 11.3. The van der Waals surface area contributed by atoms with Crippen molar-refractivity contribution in [2.75, 3.05) is 0 Å². The molecule has 0 amide bonds. The van der Waals surface area contributed by atoms with Crippen LogP contribution in [0.15, 0.2) is 24.4 Å². The van der Waals surface area contributed by atoms with Crippen LogP contribution in [0, 0.1) is 13.8 Å². The van der Waals surface area contributed by atoms with Gasteiger partial charge in [-0.15, -0.1) is 0 Å². The van der Waals surface area contributed by atoms with Crippen LogP contribution in [-0.4, -0.2) is 30.2 Å². The first-order valence-electron chi connectivity index (χ1n) is 6.78. The molecule has 0 aliphatic carbocycles. The molecule has 0 atom stereocenters. The third-order valence-corrected chi connectivity index (χ3v) is 3.65. The smallest absolute Gasteiger partial charge is 0.352 e. The number of carbonyl (C=O) groups is 1. The molecule has 0 bridgehead atoms. The minimum absolute atomic E-state index is 0.199. The summed E-state index contributed by atoms with van der Waals surface area (Å²) in [6, 6.07) is 5.06. The van der Waals surface area contributed by atoms with Crippen molar-refractivity contribution in [3.63, 3.8) is 0 Å². The highest BCUT2D eigenvalue weighted by molar-refractivity contribution is 5.87. The van der Waals surface area contributed by atoms with Gasteiger partial charge in [0.15, 0.2) is 0 Å². The summed E-state index contributed by atoms with van der Waals surface area (Å²) in [7, 11) is 0. The Morgan fingerprint density at radius 2 is 2.10 bits per heavy atom. The first-order valence-corrected chi connectivity index (χ1v) is 6.78. The van der Waals surface area contributed by atoms with Gasteiger partial charge in [0.1, 0.15) is 11.3 Å². The predicted molar refractivity (Wildman–Crippen MR) is 78.5 cm³/mol. The van der Waals surface area contributed by atoms with Gasteiger partial charge < -0.3 is 5.11 Å². The standard InChI is InChI=1S/C15H16N4O2/c1-4-19-10(3)14(9(2)17-19)11-8-18-12(15(20)21)6-5-7-13(18)16-11/h5-8H,4H2,1-3H3,(H,20,21). The molecule has 0 saturated carbocycles. The van der Waals surface area contributed by atoms with Crippen molar-refractivity contribution < 1.29 is 9.90 Å². The van der Waals surface area contributed by atoms with Gasteiger partial charge in [0.25, 0.3) is 0 Å². The highest BCUT2D eigenvalue weighted by atomic mass is 16.4. The molecule has 3 aromatic heterocycles. The van der Waals surface area contributed by atoms with E-state index in [2.05, 4.69) is 10.1 Å². The Labute approximate surface area is 121 Å². The predicted octanol–water partition coefficient (Wildman–Crippen LogP) is 2.53. The molecule has 0 fully saturated rings. The average molecular weight is 284 g/mol. The average Bonchev–Trinajstić information content (AvgIpc) is 2.98. The molecule has 0 unspecified atom stereocenters. The van der Waals surface area contributed by atoms with Gasteiger partial charge in [-0.2, -0.15) is 5.10 Å². The molecule has 21 heavy (non-hydrogen) atoms. The fraction of sp³-hybridized carbons (Fsp3) is 0.267. The van der Waals surface area contributed by atoms with Crippen LogP contribution in [0.25, 0.3) is 16.9 Å². The molecule has 0 aliphatic heterocycles. The lowest BCUT2D eigenvalue weighted by molar-refractivity contribution is 0.0689. The molecule has 108 valence electrons. The summed E-state index contributed by atoms with van der Waals surface area (Å²) >= 11 is 0. The van der Waals surface area contributed by atoms with Crippen LogP contribution in [0.2, 0.25) is 0 Å². The van der Waals surface area contributed by atoms with Crippen LogP contribution in [-0.2, 0) is 6.54 Å². The van der Waals surface area contributed by atoms with E-state index >= 15 is 0 Å². The summed E-state index contributed by atoms with van der Waals surface area (Å²) in [4.78, 5) is 15.8. The number of imidazole rings is 1. The molecule has 0 spiro atoms. The van der Waals surface area contributed by atoms with Crippen LogP contribution < -0.4 is 0 Å². The van der Waals surface area contributed by atoms with Gasteiger partial charge in [-0.1, -0.05) is 6.07 Å². The molecule has 0 radical (unpaired) electrons. The second-order valence-corrected chi connectivity index (χ2v) is 4.93. The molecule has 6 heteroatoms. The minimum atomic E-state index is -0.970. The molecule has 0 saturated heterocycles. The lowest BCUT2D eigenvalue weighted by atomic mass is 10.1. The fourth-order valence-electron chi connectivity index (χ4n) is 2.68. The number of pyridine rings is 1. The third kappa shape index (κ3) is 1.99. The highest BCUT2D eigenvalue weighted by Crippen LogP contribution is 2.27. The zero-order valence-electron chi connectivity index (χ0n) is 12.2. The number of hydrogen-bond acceptors (Lipinski definition) is 3. The maximum atomic E-state index is 11.3. The van der Waals surface area contributed by atoms with Gasteiger partial charge in [-0.25, -0.2) is 9.78 Å².